The molecule has 0 spiro atoms. The van der Waals surface area contributed by atoms with Gasteiger partial charge in [-0.2, -0.15) is 0 Å². The second kappa shape index (κ2) is 8.00. The average molecular weight is 281 g/mol. The fraction of sp³-hybridized carbons (Fsp3) is 0.625. The number of rotatable bonds is 9. The summed E-state index contributed by atoms with van der Waals surface area (Å²) in [4.78, 5) is 0. The van der Waals surface area contributed by atoms with E-state index in [1.54, 1.807) is 14.2 Å². The monoisotopic (exact) mass is 281 g/mol. The van der Waals surface area contributed by atoms with E-state index in [1.165, 1.54) is 0 Å². The van der Waals surface area contributed by atoms with E-state index in [0.29, 0.717) is 0 Å². The zero-order valence-corrected chi connectivity index (χ0v) is 13.3. The molecular formula is C16H27NO3. The molecule has 0 heterocycles. The lowest BCUT2D eigenvalue weighted by Crippen LogP contribution is -2.42. The molecule has 20 heavy (non-hydrogen) atoms. The van der Waals surface area contributed by atoms with Crippen molar-refractivity contribution in [3.63, 3.8) is 0 Å². The van der Waals surface area contributed by atoms with Crippen molar-refractivity contribution in [1.82, 2.24) is 5.32 Å². The Morgan fingerprint density at radius 3 is 2.00 bits per heavy atom. The molecule has 0 amide bonds. The lowest BCUT2D eigenvalue weighted by Gasteiger charge is -2.30. The first kappa shape index (κ1) is 16.6. The van der Waals surface area contributed by atoms with Crippen molar-refractivity contribution in [1.29, 1.82) is 0 Å². The molecule has 0 saturated carbocycles. The third kappa shape index (κ3) is 4.93. The fourth-order valence-corrected chi connectivity index (χ4v) is 1.89. The molecule has 0 fully saturated rings. The Labute approximate surface area is 122 Å². The lowest BCUT2D eigenvalue weighted by atomic mass is 10.0. The van der Waals surface area contributed by atoms with Gasteiger partial charge in [-0.1, -0.05) is 13.8 Å². The third-order valence-corrected chi connectivity index (χ3v) is 3.36. The van der Waals surface area contributed by atoms with Crippen molar-refractivity contribution in [2.45, 2.75) is 39.2 Å². The fourth-order valence-electron chi connectivity index (χ4n) is 1.89. The highest BCUT2D eigenvalue weighted by molar-refractivity contribution is 5.42. The quantitative estimate of drug-likeness (QED) is 0.705. The predicted octanol–water partition coefficient (Wildman–Crippen LogP) is 3.25. The Morgan fingerprint density at radius 1 is 1.00 bits per heavy atom. The Bertz CT molecular complexity index is 386. The van der Waals surface area contributed by atoms with Gasteiger partial charge in [-0.05, 0) is 26.3 Å². The van der Waals surface area contributed by atoms with Gasteiger partial charge < -0.3 is 19.5 Å². The molecule has 1 rings (SSSR count). The molecule has 114 valence electrons. The summed E-state index contributed by atoms with van der Waals surface area (Å²) in [5.41, 5.74) is -0.244. The Kier molecular flexibility index (Phi) is 6.65. The van der Waals surface area contributed by atoms with Crippen LogP contribution in [0.15, 0.2) is 18.2 Å². The minimum Gasteiger partial charge on any atom is -0.496 e. The van der Waals surface area contributed by atoms with Gasteiger partial charge in [0.1, 0.15) is 22.8 Å². The Hall–Kier alpha value is -1.42. The zero-order chi connectivity index (χ0) is 15.0. The van der Waals surface area contributed by atoms with E-state index in [0.717, 1.165) is 43.2 Å². The molecule has 1 aromatic carbocycles. The molecule has 0 bridgehead atoms. The molecule has 4 heteroatoms. The van der Waals surface area contributed by atoms with Crippen LogP contribution in [0.2, 0.25) is 0 Å². The molecule has 0 radical (unpaired) electrons. The van der Waals surface area contributed by atoms with Gasteiger partial charge in [0, 0.05) is 24.7 Å². The maximum atomic E-state index is 6.16. The summed E-state index contributed by atoms with van der Waals surface area (Å²) in [6.45, 7) is 8.22. The predicted molar refractivity (Wildman–Crippen MR) is 82.0 cm³/mol. The first-order valence-electron chi connectivity index (χ1n) is 7.19. The van der Waals surface area contributed by atoms with Gasteiger partial charge in [-0.25, -0.2) is 0 Å². The molecule has 1 N–H and O–H groups in total. The standard InChI is InChI=1S/C16H27NO3/c1-6-8-17-12-16(3,7-2)20-15-10-13(18-4)9-14(11-15)19-5/h9-11,17H,6-8,12H2,1-5H3. The van der Waals surface area contributed by atoms with Crippen LogP contribution in [-0.4, -0.2) is 32.9 Å². The molecular weight excluding hydrogens is 254 g/mol. The molecule has 0 aliphatic heterocycles. The SMILES string of the molecule is CCCNCC(C)(CC)Oc1cc(OC)cc(OC)c1. The summed E-state index contributed by atoms with van der Waals surface area (Å²) >= 11 is 0. The summed E-state index contributed by atoms with van der Waals surface area (Å²) in [5.74, 6) is 2.24. The summed E-state index contributed by atoms with van der Waals surface area (Å²) < 4.78 is 16.7. The van der Waals surface area contributed by atoms with Gasteiger partial charge in [0.2, 0.25) is 0 Å². The third-order valence-electron chi connectivity index (χ3n) is 3.36. The Balaban J connectivity index is 2.82. The van der Waals surface area contributed by atoms with Gasteiger partial charge in [0.15, 0.2) is 0 Å². The molecule has 0 saturated heterocycles. The average Bonchev–Trinajstić information content (AvgIpc) is 2.47. The van der Waals surface area contributed by atoms with Crippen LogP contribution >= 0.6 is 0 Å². The van der Waals surface area contributed by atoms with Crippen LogP contribution in [0.1, 0.15) is 33.6 Å². The van der Waals surface area contributed by atoms with Crippen molar-refractivity contribution in [3.05, 3.63) is 18.2 Å². The van der Waals surface area contributed by atoms with Gasteiger partial charge in [-0.15, -0.1) is 0 Å². The number of hydrogen-bond acceptors (Lipinski definition) is 4. The van der Waals surface area contributed by atoms with Crippen LogP contribution < -0.4 is 19.5 Å². The van der Waals surface area contributed by atoms with E-state index in [1.807, 2.05) is 18.2 Å². The van der Waals surface area contributed by atoms with Crippen LogP contribution in [0.4, 0.5) is 0 Å². The molecule has 1 aromatic rings. The van der Waals surface area contributed by atoms with Crippen molar-refractivity contribution >= 4 is 0 Å². The molecule has 0 aliphatic carbocycles. The number of benzene rings is 1. The van der Waals surface area contributed by atoms with Crippen LogP contribution in [0, 0.1) is 0 Å². The highest BCUT2D eigenvalue weighted by Gasteiger charge is 2.24. The minimum atomic E-state index is -0.244. The maximum Gasteiger partial charge on any atom is 0.127 e. The second-order valence-corrected chi connectivity index (χ2v) is 5.13. The van der Waals surface area contributed by atoms with E-state index in [9.17, 15) is 0 Å². The van der Waals surface area contributed by atoms with E-state index < -0.39 is 0 Å². The van der Waals surface area contributed by atoms with Gasteiger partial charge >= 0.3 is 0 Å². The van der Waals surface area contributed by atoms with Crippen LogP contribution in [0.25, 0.3) is 0 Å². The van der Waals surface area contributed by atoms with Crippen LogP contribution in [0.5, 0.6) is 17.2 Å². The first-order valence-corrected chi connectivity index (χ1v) is 7.19. The second-order valence-electron chi connectivity index (χ2n) is 5.13. The molecule has 0 aliphatic rings. The maximum absolute atomic E-state index is 6.16. The highest BCUT2D eigenvalue weighted by Crippen LogP contribution is 2.30. The summed E-state index contributed by atoms with van der Waals surface area (Å²) in [5, 5.41) is 3.42. The normalized spacial score (nSPS) is 13.7. The Morgan fingerprint density at radius 2 is 1.55 bits per heavy atom. The number of nitrogens with one attached hydrogen (secondary N) is 1. The molecule has 1 atom stereocenters. The van der Waals surface area contributed by atoms with Gasteiger partial charge in [0.05, 0.1) is 14.2 Å². The zero-order valence-electron chi connectivity index (χ0n) is 13.3. The van der Waals surface area contributed by atoms with Crippen molar-refractivity contribution < 1.29 is 14.2 Å². The summed E-state index contributed by atoms with van der Waals surface area (Å²) in [7, 11) is 3.28. The molecule has 4 nitrogen and oxygen atoms in total. The van der Waals surface area contributed by atoms with Crippen molar-refractivity contribution in [3.8, 4) is 17.2 Å². The smallest absolute Gasteiger partial charge is 0.127 e. The minimum absolute atomic E-state index is 0.244. The summed E-state index contributed by atoms with van der Waals surface area (Å²) in [6, 6.07) is 5.61. The van der Waals surface area contributed by atoms with Gasteiger partial charge in [0.25, 0.3) is 0 Å². The molecule has 0 aromatic heterocycles. The van der Waals surface area contributed by atoms with E-state index in [4.69, 9.17) is 14.2 Å². The van der Waals surface area contributed by atoms with Crippen LogP contribution in [0.3, 0.4) is 0 Å². The number of ether oxygens (including phenoxy) is 3. The molecule has 1 unspecified atom stereocenters. The van der Waals surface area contributed by atoms with Crippen LogP contribution in [-0.2, 0) is 0 Å². The lowest BCUT2D eigenvalue weighted by molar-refractivity contribution is 0.0832. The van der Waals surface area contributed by atoms with E-state index in [-0.39, 0.29) is 5.60 Å². The number of hydrogen-bond donors (Lipinski definition) is 1. The summed E-state index contributed by atoms with van der Waals surface area (Å²) in [6.07, 6.45) is 2.04. The first-order chi connectivity index (χ1) is 9.56. The number of methoxy groups -OCH3 is 2. The topological polar surface area (TPSA) is 39.7 Å². The van der Waals surface area contributed by atoms with Crippen molar-refractivity contribution in [2.24, 2.45) is 0 Å². The van der Waals surface area contributed by atoms with Crippen molar-refractivity contribution in [2.75, 3.05) is 27.3 Å². The van der Waals surface area contributed by atoms with Gasteiger partial charge in [-0.3, -0.25) is 0 Å². The van der Waals surface area contributed by atoms with E-state index in [2.05, 4.69) is 26.1 Å². The highest BCUT2D eigenvalue weighted by atomic mass is 16.5. The van der Waals surface area contributed by atoms with E-state index >= 15 is 0 Å². The largest absolute Gasteiger partial charge is 0.496 e.